The van der Waals surface area contributed by atoms with Crippen molar-refractivity contribution in [2.75, 3.05) is 7.05 Å². The predicted octanol–water partition coefficient (Wildman–Crippen LogP) is 1.45. The second-order valence-corrected chi connectivity index (χ2v) is 5.02. The number of nitrogens with zero attached hydrogens (tertiary/aromatic N) is 6. The minimum atomic E-state index is 0.697. The Kier molecular flexibility index (Phi) is 4.20. The fourth-order valence-electron chi connectivity index (χ4n) is 2.28. The average molecular weight is 272 g/mol. The summed E-state index contributed by atoms with van der Waals surface area (Å²) in [5, 5.41) is 17.1. The van der Waals surface area contributed by atoms with Gasteiger partial charge in [-0.1, -0.05) is 0 Å². The predicted molar refractivity (Wildman–Crippen MR) is 75.7 cm³/mol. The van der Waals surface area contributed by atoms with Gasteiger partial charge >= 0.3 is 0 Å². The summed E-state index contributed by atoms with van der Waals surface area (Å²) in [5.41, 5.74) is 3.00. The van der Waals surface area contributed by atoms with E-state index in [9.17, 15) is 0 Å². The molecular formula is C14H20N6. The van der Waals surface area contributed by atoms with Crippen LogP contribution in [0, 0.1) is 18.3 Å². The van der Waals surface area contributed by atoms with Crippen molar-refractivity contribution in [3.63, 3.8) is 0 Å². The summed E-state index contributed by atoms with van der Waals surface area (Å²) in [6.45, 7) is 6.52. The molecule has 106 valence electrons. The van der Waals surface area contributed by atoms with Crippen LogP contribution in [0.25, 0.3) is 0 Å². The van der Waals surface area contributed by atoms with Gasteiger partial charge in [-0.05, 0) is 32.5 Å². The van der Waals surface area contributed by atoms with Crippen LogP contribution in [0.5, 0.6) is 0 Å². The van der Waals surface area contributed by atoms with Crippen molar-refractivity contribution in [1.29, 1.82) is 5.26 Å². The van der Waals surface area contributed by atoms with Crippen molar-refractivity contribution in [1.82, 2.24) is 24.2 Å². The number of nitriles is 1. The Hall–Kier alpha value is -2.13. The molecule has 0 amide bonds. The molecule has 0 aromatic carbocycles. The van der Waals surface area contributed by atoms with Gasteiger partial charge in [0.15, 0.2) is 0 Å². The van der Waals surface area contributed by atoms with Crippen molar-refractivity contribution < 1.29 is 0 Å². The first-order chi connectivity index (χ1) is 9.56. The number of aromatic nitrogens is 4. The maximum atomic E-state index is 9.06. The third kappa shape index (κ3) is 2.73. The molecule has 0 atom stereocenters. The third-order valence-electron chi connectivity index (χ3n) is 3.64. The molecule has 2 aromatic heterocycles. The van der Waals surface area contributed by atoms with Gasteiger partial charge in [-0.15, -0.1) is 10.2 Å². The topological polar surface area (TPSA) is 62.7 Å². The van der Waals surface area contributed by atoms with Gasteiger partial charge in [-0.25, -0.2) is 0 Å². The fourth-order valence-corrected chi connectivity index (χ4v) is 2.28. The minimum absolute atomic E-state index is 0.697. The minimum Gasteiger partial charge on any atom is -0.340 e. The van der Waals surface area contributed by atoms with E-state index >= 15 is 0 Å². The van der Waals surface area contributed by atoms with E-state index in [1.165, 1.54) is 5.56 Å². The number of hydrogen-bond acceptors (Lipinski definition) is 4. The van der Waals surface area contributed by atoms with Crippen LogP contribution in [0.1, 0.15) is 29.7 Å². The van der Waals surface area contributed by atoms with E-state index in [1.807, 2.05) is 36.2 Å². The van der Waals surface area contributed by atoms with Gasteiger partial charge in [0.25, 0.3) is 0 Å². The lowest BCUT2D eigenvalue weighted by Crippen LogP contribution is -2.20. The zero-order valence-electron chi connectivity index (χ0n) is 12.5. The first kappa shape index (κ1) is 14.3. The molecule has 2 rings (SSSR count). The Bertz CT molecular complexity index is 631. The zero-order chi connectivity index (χ0) is 14.7. The smallest absolute Gasteiger partial charge is 0.146 e. The van der Waals surface area contributed by atoms with E-state index in [-0.39, 0.29) is 0 Å². The van der Waals surface area contributed by atoms with Crippen LogP contribution in [0.3, 0.4) is 0 Å². The van der Waals surface area contributed by atoms with Crippen LogP contribution in [0.4, 0.5) is 0 Å². The molecular weight excluding hydrogens is 252 g/mol. The third-order valence-corrected chi connectivity index (χ3v) is 3.64. The summed E-state index contributed by atoms with van der Waals surface area (Å²) in [6.07, 6.45) is 1.75. The number of hydrogen-bond donors (Lipinski definition) is 0. The lowest BCUT2D eigenvalue weighted by atomic mass is 10.2. The molecule has 0 fully saturated rings. The van der Waals surface area contributed by atoms with E-state index < -0.39 is 0 Å². The Morgan fingerprint density at radius 2 is 2.15 bits per heavy atom. The normalized spacial score (nSPS) is 11.0. The molecule has 0 spiro atoms. The zero-order valence-corrected chi connectivity index (χ0v) is 12.5. The maximum Gasteiger partial charge on any atom is 0.146 e. The highest BCUT2D eigenvalue weighted by Crippen LogP contribution is 2.16. The summed E-state index contributed by atoms with van der Waals surface area (Å²) in [5.74, 6) is 0.962. The highest BCUT2D eigenvalue weighted by molar-refractivity contribution is 5.34. The lowest BCUT2D eigenvalue weighted by Gasteiger charge is -2.16. The van der Waals surface area contributed by atoms with Gasteiger partial charge in [-0.2, -0.15) is 5.26 Å². The molecule has 6 heteroatoms. The summed E-state index contributed by atoms with van der Waals surface area (Å²) in [4.78, 5) is 2.18. The molecule has 20 heavy (non-hydrogen) atoms. The van der Waals surface area contributed by atoms with Crippen molar-refractivity contribution in [2.24, 2.45) is 7.05 Å². The van der Waals surface area contributed by atoms with Crippen LogP contribution in [0.15, 0.2) is 12.4 Å². The molecule has 0 bridgehead atoms. The molecule has 0 radical (unpaired) electrons. The summed E-state index contributed by atoms with van der Waals surface area (Å²) >= 11 is 0. The van der Waals surface area contributed by atoms with Gasteiger partial charge < -0.3 is 9.13 Å². The second-order valence-electron chi connectivity index (χ2n) is 5.02. The van der Waals surface area contributed by atoms with Crippen molar-refractivity contribution >= 4 is 0 Å². The molecule has 6 nitrogen and oxygen atoms in total. The van der Waals surface area contributed by atoms with Crippen molar-refractivity contribution in [3.8, 4) is 6.07 Å². The molecule has 0 aliphatic rings. The van der Waals surface area contributed by atoms with Crippen molar-refractivity contribution in [3.05, 3.63) is 35.2 Å². The quantitative estimate of drug-likeness (QED) is 0.826. The molecule has 0 saturated carbocycles. The summed E-state index contributed by atoms with van der Waals surface area (Å²) in [6, 6.07) is 4.17. The van der Waals surface area contributed by atoms with E-state index in [0.29, 0.717) is 5.69 Å². The molecule has 0 aliphatic heterocycles. The molecule has 0 aliphatic carbocycles. The van der Waals surface area contributed by atoms with Crippen LogP contribution in [-0.2, 0) is 26.7 Å². The van der Waals surface area contributed by atoms with E-state index in [2.05, 4.69) is 28.1 Å². The standard InChI is InChI=1S/C14H20N6/c1-5-20-10-16-17-14(20)9-18(3)8-12-6-13(7-15)19(4)11(12)2/h6,10H,5,8-9H2,1-4H3. The van der Waals surface area contributed by atoms with E-state index in [4.69, 9.17) is 5.26 Å². The van der Waals surface area contributed by atoms with Gasteiger partial charge in [-0.3, -0.25) is 4.90 Å². The number of rotatable bonds is 5. The highest BCUT2D eigenvalue weighted by Gasteiger charge is 2.12. The lowest BCUT2D eigenvalue weighted by molar-refractivity contribution is 0.304. The molecule has 0 N–H and O–H groups in total. The average Bonchev–Trinajstić information content (AvgIpc) is 2.98. The SMILES string of the molecule is CCn1cnnc1CN(C)Cc1cc(C#N)n(C)c1C. The van der Waals surface area contributed by atoms with Crippen LogP contribution >= 0.6 is 0 Å². The Morgan fingerprint density at radius 3 is 2.75 bits per heavy atom. The van der Waals surface area contributed by atoms with Crippen LogP contribution in [0.2, 0.25) is 0 Å². The van der Waals surface area contributed by atoms with E-state index in [0.717, 1.165) is 31.2 Å². The second kappa shape index (κ2) is 5.88. The molecule has 2 aromatic rings. The number of aryl methyl sites for hydroxylation is 1. The summed E-state index contributed by atoms with van der Waals surface area (Å²) in [7, 11) is 3.97. The Labute approximate surface area is 119 Å². The van der Waals surface area contributed by atoms with Gasteiger partial charge in [0, 0.05) is 25.8 Å². The highest BCUT2D eigenvalue weighted by atomic mass is 15.3. The van der Waals surface area contributed by atoms with Gasteiger partial charge in [0.05, 0.1) is 6.54 Å². The molecule has 0 unspecified atom stereocenters. The Morgan fingerprint density at radius 1 is 1.40 bits per heavy atom. The first-order valence-electron chi connectivity index (χ1n) is 6.67. The van der Waals surface area contributed by atoms with E-state index in [1.54, 1.807) is 6.33 Å². The first-order valence-corrected chi connectivity index (χ1v) is 6.67. The Balaban J connectivity index is 2.09. The summed E-state index contributed by atoms with van der Waals surface area (Å²) < 4.78 is 3.97. The fraction of sp³-hybridized carbons (Fsp3) is 0.500. The molecule has 0 saturated heterocycles. The largest absolute Gasteiger partial charge is 0.340 e. The van der Waals surface area contributed by atoms with Gasteiger partial charge in [0.1, 0.15) is 23.9 Å². The van der Waals surface area contributed by atoms with Crippen molar-refractivity contribution in [2.45, 2.75) is 33.5 Å². The van der Waals surface area contributed by atoms with Crippen LogP contribution < -0.4 is 0 Å². The van der Waals surface area contributed by atoms with Crippen LogP contribution in [-0.4, -0.2) is 31.3 Å². The molecule has 2 heterocycles. The monoisotopic (exact) mass is 272 g/mol. The maximum absolute atomic E-state index is 9.06. The van der Waals surface area contributed by atoms with Gasteiger partial charge in [0.2, 0.25) is 0 Å².